The van der Waals surface area contributed by atoms with Crippen molar-refractivity contribution in [2.24, 2.45) is 0 Å². The molecule has 130 valence electrons. The number of hydrogen-bond acceptors (Lipinski definition) is 3. The Kier molecular flexibility index (Phi) is 5.07. The van der Waals surface area contributed by atoms with E-state index in [0.29, 0.717) is 6.54 Å². The van der Waals surface area contributed by atoms with Gasteiger partial charge in [-0.05, 0) is 44.2 Å². The van der Waals surface area contributed by atoms with Gasteiger partial charge in [0.15, 0.2) is 0 Å². The van der Waals surface area contributed by atoms with E-state index in [0.717, 1.165) is 45.3 Å². The number of rotatable bonds is 3. The summed E-state index contributed by atoms with van der Waals surface area (Å²) in [6, 6.07) is 6.68. The van der Waals surface area contributed by atoms with Gasteiger partial charge in [0.05, 0.1) is 6.54 Å². The summed E-state index contributed by atoms with van der Waals surface area (Å²) >= 11 is 0. The Morgan fingerprint density at radius 2 is 1.96 bits per heavy atom. The maximum absolute atomic E-state index is 12.4. The summed E-state index contributed by atoms with van der Waals surface area (Å²) in [5, 5.41) is 3.15. The molecule has 5 heteroatoms. The van der Waals surface area contributed by atoms with Gasteiger partial charge < -0.3 is 15.1 Å². The van der Waals surface area contributed by atoms with E-state index in [1.165, 1.54) is 16.8 Å². The fourth-order valence-corrected chi connectivity index (χ4v) is 3.75. The van der Waals surface area contributed by atoms with Crippen LogP contribution in [0, 0.1) is 6.92 Å². The van der Waals surface area contributed by atoms with Gasteiger partial charge in [0.25, 0.3) is 0 Å². The zero-order valence-electron chi connectivity index (χ0n) is 14.7. The van der Waals surface area contributed by atoms with Crippen molar-refractivity contribution in [1.29, 1.82) is 0 Å². The number of carbonyl (C=O) groups excluding carboxylic acids is 2. The molecular weight excluding hydrogens is 302 g/mol. The standard InChI is InChI=1S/C19H27N3O2/c1-14-5-6-18-16(12-14)4-3-9-22(18)13-19(24)20-17-7-10-21(11-8-17)15(2)23/h5-6,12,17H,3-4,7-11,13H2,1-2H3,(H,20,24). The monoisotopic (exact) mass is 329 g/mol. The highest BCUT2D eigenvalue weighted by atomic mass is 16.2. The Hall–Kier alpha value is -2.04. The Balaban J connectivity index is 1.54. The van der Waals surface area contributed by atoms with Gasteiger partial charge in [-0.1, -0.05) is 17.7 Å². The number of anilines is 1. The molecule has 1 N–H and O–H groups in total. The molecule has 24 heavy (non-hydrogen) atoms. The fraction of sp³-hybridized carbons (Fsp3) is 0.579. The van der Waals surface area contributed by atoms with Crippen molar-refractivity contribution in [2.45, 2.75) is 45.6 Å². The van der Waals surface area contributed by atoms with Crippen LogP contribution in [-0.2, 0) is 16.0 Å². The zero-order chi connectivity index (χ0) is 17.1. The van der Waals surface area contributed by atoms with Gasteiger partial charge in [-0.3, -0.25) is 9.59 Å². The number of nitrogens with one attached hydrogen (secondary N) is 1. The topological polar surface area (TPSA) is 52.7 Å². The molecule has 0 saturated carbocycles. The van der Waals surface area contributed by atoms with E-state index in [2.05, 4.69) is 35.3 Å². The highest BCUT2D eigenvalue weighted by Gasteiger charge is 2.24. The number of fused-ring (bicyclic) bond motifs is 1. The molecule has 0 aliphatic carbocycles. The van der Waals surface area contributed by atoms with Crippen LogP contribution in [0.2, 0.25) is 0 Å². The molecule has 0 spiro atoms. The summed E-state index contributed by atoms with van der Waals surface area (Å²) < 4.78 is 0. The van der Waals surface area contributed by atoms with E-state index in [4.69, 9.17) is 0 Å². The predicted molar refractivity (Wildman–Crippen MR) is 95.1 cm³/mol. The number of aryl methyl sites for hydroxylation is 2. The minimum Gasteiger partial charge on any atom is -0.362 e. The first-order valence-electron chi connectivity index (χ1n) is 8.92. The Labute approximate surface area is 144 Å². The van der Waals surface area contributed by atoms with Crippen LogP contribution < -0.4 is 10.2 Å². The Morgan fingerprint density at radius 1 is 1.21 bits per heavy atom. The average molecular weight is 329 g/mol. The number of benzene rings is 1. The lowest BCUT2D eigenvalue weighted by molar-refractivity contribution is -0.130. The minimum absolute atomic E-state index is 0.0877. The molecular formula is C19H27N3O2. The number of likely N-dealkylation sites (tertiary alicyclic amines) is 1. The first kappa shape index (κ1) is 16.8. The first-order valence-corrected chi connectivity index (χ1v) is 8.92. The molecule has 0 aromatic heterocycles. The van der Waals surface area contributed by atoms with E-state index < -0.39 is 0 Å². The molecule has 1 aromatic rings. The predicted octanol–water partition coefficient (Wildman–Crippen LogP) is 1.87. The van der Waals surface area contributed by atoms with Crippen molar-refractivity contribution in [1.82, 2.24) is 10.2 Å². The van der Waals surface area contributed by atoms with Crippen molar-refractivity contribution in [2.75, 3.05) is 31.1 Å². The summed E-state index contributed by atoms with van der Waals surface area (Å²) in [5.74, 6) is 0.213. The molecule has 0 atom stereocenters. The third-order valence-electron chi connectivity index (χ3n) is 5.09. The lowest BCUT2D eigenvalue weighted by atomic mass is 9.99. The number of piperidine rings is 1. The Morgan fingerprint density at radius 3 is 2.67 bits per heavy atom. The van der Waals surface area contributed by atoms with Gasteiger partial charge in [-0.25, -0.2) is 0 Å². The summed E-state index contributed by atoms with van der Waals surface area (Å²) in [7, 11) is 0. The normalized spacial score (nSPS) is 18.2. The third-order valence-corrected chi connectivity index (χ3v) is 5.09. The molecule has 2 aliphatic rings. The van der Waals surface area contributed by atoms with Gasteiger partial charge in [-0.15, -0.1) is 0 Å². The van der Waals surface area contributed by atoms with Crippen molar-refractivity contribution >= 4 is 17.5 Å². The molecule has 1 saturated heterocycles. The lowest BCUT2D eigenvalue weighted by Crippen LogP contribution is -2.48. The highest BCUT2D eigenvalue weighted by Crippen LogP contribution is 2.27. The number of amides is 2. The van der Waals surface area contributed by atoms with Crippen LogP contribution in [0.5, 0.6) is 0 Å². The van der Waals surface area contributed by atoms with E-state index in [1.807, 2.05) is 4.90 Å². The van der Waals surface area contributed by atoms with Gasteiger partial charge in [0.1, 0.15) is 0 Å². The van der Waals surface area contributed by atoms with E-state index >= 15 is 0 Å². The van der Waals surface area contributed by atoms with E-state index in [1.54, 1.807) is 6.92 Å². The maximum atomic E-state index is 12.4. The molecule has 2 aliphatic heterocycles. The molecule has 2 amide bonds. The van der Waals surface area contributed by atoms with Crippen LogP contribution >= 0.6 is 0 Å². The van der Waals surface area contributed by atoms with E-state index in [9.17, 15) is 9.59 Å². The van der Waals surface area contributed by atoms with Crippen molar-refractivity contribution in [3.8, 4) is 0 Å². The molecule has 2 heterocycles. The maximum Gasteiger partial charge on any atom is 0.239 e. The zero-order valence-corrected chi connectivity index (χ0v) is 14.7. The highest BCUT2D eigenvalue weighted by molar-refractivity contribution is 5.82. The average Bonchev–Trinajstić information content (AvgIpc) is 2.55. The second-order valence-electron chi connectivity index (χ2n) is 7.01. The van der Waals surface area contributed by atoms with Crippen molar-refractivity contribution in [3.63, 3.8) is 0 Å². The van der Waals surface area contributed by atoms with Crippen LogP contribution in [0.1, 0.15) is 37.3 Å². The van der Waals surface area contributed by atoms with E-state index in [-0.39, 0.29) is 17.9 Å². The number of hydrogen-bond donors (Lipinski definition) is 1. The van der Waals surface area contributed by atoms with Crippen molar-refractivity contribution in [3.05, 3.63) is 29.3 Å². The van der Waals surface area contributed by atoms with Gasteiger partial charge in [0, 0.05) is 38.3 Å². The molecule has 0 bridgehead atoms. The van der Waals surface area contributed by atoms with Gasteiger partial charge in [0.2, 0.25) is 11.8 Å². The second kappa shape index (κ2) is 7.24. The summed E-state index contributed by atoms with van der Waals surface area (Å²) in [4.78, 5) is 27.8. The quantitative estimate of drug-likeness (QED) is 0.921. The van der Waals surface area contributed by atoms with Gasteiger partial charge >= 0.3 is 0 Å². The smallest absolute Gasteiger partial charge is 0.239 e. The number of carbonyl (C=O) groups is 2. The summed E-state index contributed by atoms with van der Waals surface area (Å²) in [6.07, 6.45) is 3.89. The molecule has 3 rings (SSSR count). The molecule has 1 aromatic carbocycles. The van der Waals surface area contributed by atoms with Crippen LogP contribution in [0.3, 0.4) is 0 Å². The SMILES string of the molecule is CC(=O)N1CCC(NC(=O)CN2CCCc3cc(C)ccc32)CC1. The largest absolute Gasteiger partial charge is 0.362 e. The summed E-state index contributed by atoms with van der Waals surface area (Å²) in [6.45, 7) is 6.56. The molecule has 1 fully saturated rings. The fourth-order valence-electron chi connectivity index (χ4n) is 3.75. The molecule has 0 radical (unpaired) electrons. The number of nitrogens with zero attached hydrogens (tertiary/aromatic N) is 2. The molecule has 5 nitrogen and oxygen atoms in total. The van der Waals surface area contributed by atoms with Crippen LogP contribution in [0.4, 0.5) is 5.69 Å². The van der Waals surface area contributed by atoms with Gasteiger partial charge in [-0.2, -0.15) is 0 Å². The van der Waals surface area contributed by atoms with Crippen LogP contribution in [0.25, 0.3) is 0 Å². The Bertz CT molecular complexity index is 621. The van der Waals surface area contributed by atoms with Crippen LogP contribution in [-0.4, -0.2) is 48.9 Å². The summed E-state index contributed by atoms with van der Waals surface area (Å²) in [5.41, 5.74) is 3.83. The lowest BCUT2D eigenvalue weighted by Gasteiger charge is -2.34. The van der Waals surface area contributed by atoms with Crippen LogP contribution in [0.15, 0.2) is 18.2 Å². The van der Waals surface area contributed by atoms with Crippen molar-refractivity contribution < 1.29 is 9.59 Å². The second-order valence-corrected chi connectivity index (χ2v) is 7.01. The first-order chi connectivity index (χ1) is 11.5. The third kappa shape index (κ3) is 3.89. The molecule has 0 unspecified atom stereocenters. The minimum atomic E-state index is 0.0877.